The number of carboxylic acid groups (broad SMARTS) is 1. The molecular formula is C15H18F3NO3. The quantitative estimate of drug-likeness (QED) is 0.820. The molecule has 1 aliphatic heterocycles. The van der Waals surface area contributed by atoms with Crippen molar-refractivity contribution in [3.63, 3.8) is 0 Å². The molecule has 1 aromatic carbocycles. The fourth-order valence-electron chi connectivity index (χ4n) is 2.59. The number of likely N-dealkylation sites (tertiary alicyclic amines) is 1. The third kappa shape index (κ3) is 4.37. The van der Waals surface area contributed by atoms with E-state index in [0.717, 1.165) is 25.1 Å². The molecule has 0 amide bonds. The van der Waals surface area contributed by atoms with Crippen LogP contribution < -0.4 is 4.74 Å². The molecule has 1 unspecified atom stereocenters. The molecule has 1 aromatic rings. The van der Waals surface area contributed by atoms with E-state index >= 15 is 0 Å². The van der Waals surface area contributed by atoms with Gasteiger partial charge < -0.3 is 9.84 Å². The van der Waals surface area contributed by atoms with Crippen molar-refractivity contribution < 1.29 is 27.8 Å². The monoisotopic (exact) mass is 317 g/mol. The summed E-state index contributed by atoms with van der Waals surface area (Å²) in [5.74, 6) is -0.651. The van der Waals surface area contributed by atoms with E-state index in [-0.39, 0.29) is 12.4 Å². The summed E-state index contributed by atoms with van der Waals surface area (Å²) in [5, 5.41) is 9.05. The highest BCUT2D eigenvalue weighted by Gasteiger charge is 2.31. The van der Waals surface area contributed by atoms with E-state index in [1.54, 1.807) is 0 Å². The van der Waals surface area contributed by atoms with Gasteiger partial charge in [0, 0.05) is 6.54 Å². The highest BCUT2D eigenvalue weighted by Crippen LogP contribution is 2.31. The Morgan fingerprint density at radius 2 is 2.18 bits per heavy atom. The van der Waals surface area contributed by atoms with Crippen LogP contribution in [0.2, 0.25) is 0 Å². The van der Waals surface area contributed by atoms with Gasteiger partial charge in [0.2, 0.25) is 0 Å². The molecule has 1 atom stereocenters. The van der Waals surface area contributed by atoms with Crippen LogP contribution in [-0.2, 0) is 11.0 Å². The SMILES string of the molecule is O=C(O)C1CCCN1CCCOc1cccc(C(F)(F)F)c1. The van der Waals surface area contributed by atoms with Crippen molar-refractivity contribution in [2.24, 2.45) is 0 Å². The fourth-order valence-corrected chi connectivity index (χ4v) is 2.59. The summed E-state index contributed by atoms with van der Waals surface area (Å²) >= 11 is 0. The number of hydrogen-bond acceptors (Lipinski definition) is 3. The zero-order chi connectivity index (χ0) is 16.2. The Kier molecular flexibility index (Phi) is 5.28. The average molecular weight is 317 g/mol. The Labute approximate surface area is 126 Å². The summed E-state index contributed by atoms with van der Waals surface area (Å²) in [4.78, 5) is 12.9. The van der Waals surface area contributed by atoms with E-state index in [0.29, 0.717) is 19.4 Å². The van der Waals surface area contributed by atoms with Crippen molar-refractivity contribution >= 4 is 5.97 Å². The van der Waals surface area contributed by atoms with Gasteiger partial charge in [-0.25, -0.2) is 0 Å². The molecule has 0 aromatic heterocycles. The van der Waals surface area contributed by atoms with Crippen LogP contribution in [-0.4, -0.2) is 41.7 Å². The molecule has 1 N–H and O–H groups in total. The topological polar surface area (TPSA) is 49.8 Å². The number of aliphatic carboxylic acids is 1. The Morgan fingerprint density at radius 1 is 1.41 bits per heavy atom. The molecule has 0 spiro atoms. The summed E-state index contributed by atoms with van der Waals surface area (Å²) in [6.45, 7) is 1.56. The van der Waals surface area contributed by atoms with E-state index in [9.17, 15) is 18.0 Å². The molecule has 0 radical (unpaired) electrons. The Hall–Kier alpha value is -1.76. The van der Waals surface area contributed by atoms with Gasteiger partial charge in [-0.15, -0.1) is 0 Å². The average Bonchev–Trinajstić information content (AvgIpc) is 2.91. The van der Waals surface area contributed by atoms with Crippen molar-refractivity contribution in [2.75, 3.05) is 19.7 Å². The number of rotatable bonds is 6. The molecule has 1 heterocycles. The van der Waals surface area contributed by atoms with Crippen molar-refractivity contribution in [3.8, 4) is 5.75 Å². The lowest BCUT2D eigenvalue weighted by Gasteiger charge is -2.20. The minimum atomic E-state index is -4.39. The lowest BCUT2D eigenvalue weighted by atomic mass is 10.2. The maximum Gasteiger partial charge on any atom is 0.416 e. The lowest BCUT2D eigenvalue weighted by Crippen LogP contribution is -2.36. The van der Waals surface area contributed by atoms with Crippen LogP contribution in [0.1, 0.15) is 24.8 Å². The second-order valence-corrected chi connectivity index (χ2v) is 5.26. The van der Waals surface area contributed by atoms with Gasteiger partial charge in [0.25, 0.3) is 0 Å². The van der Waals surface area contributed by atoms with E-state index < -0.39 is 23.8 Å². The predicted molar refractivity (Wildman–Crippen MR) is 73.8 cm³/mol. The number of carboxylic acids is 1. The minimum Gasteiger partial charge on any atom is -0.494 e. The van der Waals surface area contributed by atoms with Gasteiger partial charge in [-0.3, -0.25) is 9.69 Å². The van der Waals surface area contributed by atoms with Crippen LogP contribution in [0.3, 0.4) is 0 Å². The first-order valence-electron chi connectivity index (χ1n) is 7.15. The van der Waals surface area contributed by atoms with Crippen LogP contribution in [0.5, 0.6) is 5.75 Å². The zero-order valence-corrected chi connectivity index (χ0v) is 12.0. The normalized spacial score (nSPS) is 19.3. The van der Waals surface area contributed by atoms with Gasteiger partial charge in [0.15, 0.2) is 0 Å². The van der Waals surface area contributed by atoms with Crippen LogP contribution in [0.15, 0.2) is 24.3 Å². The number of nitrogens with zero attached hydrogens (tertiary/aromatic N) is 1. The third-order valence-corrected chi connectivity index (χ3v) is 3.67. The minimum absolute atomic E-state index is 0.172. The van der Waals surface area contributed by atoms with Gasteiger partial charge in [-0.05, 0) is 44.0 Å². The van der Waals surface area contributed by atoms with E-state index in [2.05, 4.69) is 0 Å². The first kappa shape index (κ1) is 16.6. The summed E-state index contributed by atoms with van der Waals surface area (Å²) in [6, 6.07) is 4.29. The summed E-state index contributed by atoms with van der Waals surface area (Å²) in [5.41, 5.74) is -0.740. The van der Waals surface area contributed by atoms with Gasteiger partial charge in [0.05, 0.1) is 12.2 Å². The van der Waals surface area contributed by atoms with Gasteiger partial charge in [-0.1, -0.05) is 6.07 Å². The highest BCUT2D eigenvalue weighted by atomic mass is 19.4. The Bertz CT molecular complexity index is 519. The molecule has 0 saturated carbocycles. The van der Waals surface area contributed by atoms with Gasteiger partial charge >= 0.3 is 12.1 Å². The fraction of sp³-hybridized carbons (Fsp3) is 0.533. The number of halogens is 3. The standard InChI is InChI=1S/C15H18F3NO3/c16-15(17,18)11-4-1-5-12(10-11)22-9-3-8-19-7-2-6-13(19)14(20)21/h1,4-5,10,13H,2-3,6-9H2,(H,20,21). The molecule has 122 valence electrons. The molecule has 1 fully saturated rings. The third-order valence-electron chi connectivity index (χ3n) is 3.67. The second kappa shape index (κ2) is 7.00. The summed E-state index contributed by atoms with van der Waals surface area (Å²) in [7, 11) is 0. The molecule has 0 aliphatic carbocycles. The number of hydrogen-bond donors (Lipinski definition) is 1. The van der Waals surface area contributed by atoms with E-state index in [4.69, 9.17) is 9.84 Å². The van der Waals surface area contributed by atoms with Gasteiger partial charge in [-0.2, -0.15) is 13.2 Å². The maximum atomic E-state index is 12.6. The van der Waals surface area contributed by atoms with Crippen LogP contribution in [0.25, 0.3) is 0 Å². The maximum absolute atomic E-state index is 12.6. The van der Waals surface area contributed by atoms with Crippen molar-refractivity contribution in [3.05, 3.63) is 29.8 Å². The molecule has 2 rings (SSSR count). The second-order valence-electron chi connectivity index (χ2n) is 5.26. The first-order chi connectivity index (χ1) is 10.4. The number of benzene rings is 1. The number of carbonyl (C=O) groups is 1. The predicted octanol–water partition coefficient (Wildman–Crippen LogP) is 3.02. The Morgan fingerprint density at radius 3 is 2.86 bits per heavy atom. The lowest BCUT2D eigenvalue weighted by molar-refractivity contribution is -0.142. The molecule has 4 nitrogen and oxygen atoms in total. The summed E-state index contributed by atoms with van der Waals surface area (Å²) < 4.78 is 43.0. The Balaban J connectivity index is 1.78. The zero-order valence-electron chi connectivity index (χ0n) is 12.0. The van der Waals surface area contributed by atoms with Crippen LogP contribution in [0.4, 0.5) is 13.2 Å². The molecular weight excluding hydrogens is 299 g/mol. The molecule has 1 saturated heterocycles. The number of alkyl halides is 3. The highest BCUT2D eigenvalue weighted by molar-refractivity contribution is 5.73. The molecule has 7 heteroatoms. The summed E-state index contributed by atoms with van der Waals surface area (Å²) in [6.07, 6.45) is -2.32. The van der Waals surface area contributed by atoms with Crippen molar-refractivity contribution in [2.45, 2.75) is 31.5 Å². The van der Waals surface area contributed by atoms with Crippen molar-refractivity contribution in [1.82, 2.24) is 4.90 Å². The van der Waals surface area contributed by atoms with Crippen LogP contribution in [0, 0.1) is 0 Å². The first-order valence-corrected chi connectivity index (χ1v) is 7.15. The van der Waals surface area contributed by atoms with Crippen molar-refractivity contribution in [1.29, 1.82) is 0 Å². The molecule has 1 aliphatic rings. The molecule has 22 heavy (non-hydrogen) atoms. The van der Waals surface area contributed by atoms with E-state index in [1.807, 2.05) is 4.90 Å². The molecule has 0 bridgehead atoms. The largest absolute Gasteiger partial charge is 0.494 e. The van der Waals surface area contributed by atoms with Crippen LogP contribution >= 0.6 is 0 Å². The smallest absolute Gasteiger partial charge is 0.416 e. The van der Waals surface area contributed by atoms with E-state index in [1.165, 1.54) is 12.1 Å². The van der Waals surface area contributed by atoms with Gasteiger partial charge in [0.1, 0.15) is 11.8 Å². The number of ether oxygens (including phenoxy) is 1.